The number of carbonyl (C=O) groups is 1. The third kappa shape index (κ3) is 3.17. The molecule has 0 bridgehead atoms. The molecule has 20 heavy (non-hydrogen) atoms. The summed E-state index contributed by atoms with van der Waals surface area (Å²) in [5, 5.41) is 4.55. The second-order valence-electron chi connectivity index (χ2n) is 5.40. The van der Waals surface area contributed by atoms with Gasteiger partial charge in [0.25, 0.3) is 0 Å². The average Bonchev–Trinajstić information content (AvgIpc) is 2.89. The molecule has 106 valence electrons. The minimum atomic E-state index is -0.724. The van der Waals surface area contributed by atoms with Crippen LogP contribution in [0.5, 0.6) is 0 Å². The van der Waals surface area contributed by atoms with Crippen LogP contribution in [-0.4, -0.2) is 20.7 Å². The van der Waals surface area contributed by atoms with Gasteiger partial charge in [0.2, 0.25) is 6.23 Å². The van der Waals surface area contributed by atoms with Crippen molar-refractivity contribution in [2.75, 3.05) is 0 Å². The molecule has 0 saturated carbocycles. The van der Waals surface area contributed by atoms with Gasteiger partial charge in [-0.2, -0.15) is 5.10 Å². The molecule has 0 N–H and O–H groups in total. The Morgan fingerprint density at radius 2 is 2.05 bits per heavy atom. The molecule has 1 aromatic carbocycles. The molecule has 0 radical (unpaired) electrons. The lowest BCUT2D eigenvalue weighted by molar-refractivity contribution is -0.161. The van der Waals surface area contributed by atoms with Crippen molar-refractivity contribution in [2.24, 2.45) is 5.41 Å². The summed E-state index contributed by atoms with van der Waals surface area (Å²) in [5.41, 5.74) is 0.0531. The van der Waals surface area contributed by atoms with Crippen LogP contribution in [0.25, 0.3) is 0 Å². The molecule has 1 heterocycles. The predicted molar refractivity (Wildman–Crippen MR) is 75.2 cm³/mol. The number of nitrogens with zero attached hydrogens (tertiary/aromatic N) is 3. The number of carbonyl (C=O) groups excluding carboxylic acids is 1. The third-order valence-corrected chi connectivity index (χ3v) is 3.02. The molecule has 5 nitrogen and oxygen atoms in total. The van der Waals surface area contributed by atoms with Crippen LogP contribution in [0.1, 0.15) is 32.6 Å². The van der Waals surface area contributed by atoms with Crippen LogP contribution in [0.15, 0.2) is 36.9 Å². The van der Waals surface area contributed by atoms with E-state index in [2.05, 4.69) is 10.1 Å². The maximum absolute atomic E-state index is 12.1. The highest BCUT2D eigenvalue weighted by atomic mass is 35.5. The molecule has 1 atom stereocenters. The van der Waals surface area contributed by atoms with E-state index in [1.165, 1.54) is 17.3 Å². The topological polar surface area (TPSA) is 57.0 Å². The van der Waals surface area contributed by atoms with Crippen molar-refractivity contribution in [1.29, 1.82) is 0 Å². The summed E-state index contributed by atoms with van der Waals surface area (Å²) in [6.45, 7) is 5.38. The normalized spacial score (nSPS) is 13.0. The van der Waals surface area contributed by atoms with E-state index >= 15 is 0 Å². The van der Waals surface area contributed by atoms with Crippen molar-refractivity contribution < 1.29 is 9.53 Å². The molecule has 2 rings (SSSR count). The number of hydrogen-bond acceptors (Lipinski definition) is 4. The zero-order chi connectivity index (χ0) is 14.8. The average molecular weight is 294 g/mol. The fraction of sp³-hybridized carbons (Fsp3) is 0.357. The quantitative estimate of drug-likeness (QED) is 0.816. The number of benzene rings is 1. The highest BCUT2D eigenvalue weighted by Crippen LogP contribution is 2.29. The lowest BCUT2D eigenvalue weighted by Crippen LogP contribution is -2.28. The van der Waals surface area contributed by atoms with Crippen molar-refractivity contribution >= 4 is 17.6 Å². The molecule has 0 saturated heterocycles. The minimum Gasteiger partial charge on any atom is -0.435 e. The van der Waals surface area contributed by atoms with E-state index in [0.717, 1.165) is 0 Å². The Hall–Kier alpha value is -1.88. The molecular formula is C14H16ClN3O2. The highest BCUT2D eigenvalue weighted by molar-refractivity contribution is 6.31. The monoisotopic (exact) mass is 293 g/mol. The largest absolute Gasteiger partial charge is 0.435 e. The number of ether oxygens (including phenoxy) is 1. The lowest BCUT2D eigenvalue weighted by Gasteiger charge is -2.24. The summed E-state index contributed by atoms with van der Waals surface area (Å²) in [6.07, 6.45) is 2.15. The third-order valence-electron chi connectivity index (χ3n) is 2.68. The summed E-state index contributed by atoms with van der Waals surface area (Å²) in [4.78, 5) is 16.0. The van der Waals surface area contributed by atoms with Crippen molar-refractivity contribution in [3.63, 3.8) is 0 Å². The van der Waals surface area contributed by atoms with Crippen molar-refractivity contribution in [3.05, 3.63) is 47.5 Å². The molecule has 2 aromatic rings. The van der Waals surface area contributed by atoms with Gasteiger partial charge in [0, 0.05) is 10.6 Å². The van der Waals surface area contributed by atoms with Crippen LogP contribution < -0.4 is 0 Å². The molecular weight excluding hydrogens is 278 g/mol. The van der Waals surface area contributed by atoms with Crippen LogP contribution in [0.4, 0.5) is 0 Å². The van der Waals surface area contributed by atoms with Crippen molar-refractivity contribution in [1.82, 2.24) is 14.8 Å². The fourth-order valence-electron chi connectivity index (χ4n) is 1.55. The van der Waals surface area contributed by atoms with Gasteiger partial charge in [-0.3, -0.25) is 4.79 Å². The molecule has 0 aliphatic heterocycles. The second kappa shape index (κ2) is 5.63. The number of rotatable bonds is 3. The van der Waals surface area contributed by atoms with Gasteiger partial charge in [-0.25, -0.2) is 9.67 Å². The van der Waals surface area contributed by atoms with E-state index < -0.39 is 11.6 Å². The maximum Gasteiger partial charge on any atom is 0.313 e. The van der Waals surface area contributed by atoms with Gasteiger partial charge < -0.3 is 4.74 Å². The molecule has 0 aliphatic carbocycles. The summed E-state index contributed by atoms with van der Waals surface area (Å²) in [7, 11) is 0. The zero-order valence-corrected chi connectivity index (χ0v) is 12.3. The lowest BCUT2D eigenvalue weighted by atomic mass is 9.97. The summed E-state index contributed by atoms with van der Waals surface area (Å²) >= 11 is 6.18. The number of esters is 1. The standard InChI is InChI=1S/C14H16ClN3O2/c1-14(2,3)13(19)20-12(18-9-16-8-17-18)10-6-4-5-7-11(10)15/h4-9,12H,1-3H3. The first-order valence-corrected chi connectivity index (χ1v) is 6.57. The maximum atomic E-state index is 12.1. The molecule has 1 aromatic heterocycles. The second-order valence-corrected chi connectivity index (χ2v) is 5.81. The molecule has 6 heteroatoms. The van der Waals surface area contributed by atoms with E-state index in [0.29, 0.717) is 10.6 Å². The molecule has 0 fully saturated rings. The van der Waals surface area contributed by atoms with Gasteiger partial charge >= 0.3 is 5.97 Å². The first kappa shape index (κ1) is 14.5. The van der Waals surface area contributed by atoms with Crippen LogP contribution in [0.2, 0.25) is 5.02 Å². The summed E-state index contributed by atoms with van der Waals surface area (Å²) in [6, 6.07) is 7.18. The van der Waals surface area contributed by atoms with Gasteiger partial charge in [0.15, 0.2) is 0 Å². The smallest absolute Gasteiger partial charge is 0.313 e. The van der Waals surface area contributed by atoms with Crippen LogP contribution in [0, 0.1) is 5.41 Å². The van der Waals surface area contributed by atoms with Crippen molar-refractivity contribution in [2.45, 2.75) is 27.0 Å². The predicted octanol–water partition coefficient (Wildman–Crippen LogP) is 3.07. The number of aromatic nitrogens is 3. The van der Waals surface area contributed by atoms with Crippen molar-refractivity contribution in [3.8, 4) is 0 Å². The first-order valence-electron chi connectivity index (χ1n) is 6.19. The van der Waals surface area contributed by atoms with Crippen LogP contribution in [0.3, 0.4) is 0 Å². The van der Waals surface area contributed by atoms with E-state index in [4.69, 9.17) is 16.3 Å². The van der Waals surface area contributed by atoms with E-state index in [1.54, 1.807) is 32.9 Å². The van der Waals surface area contributed by atoms with Crippen LogP contribution >= 0.6 is 11.6 Å². The fourth-order valence-corrected chi connectivity index (χ4v) is 1.78. The Morgan fingerprint density at radius 3 is 2.60 bits per heavy atom. The Labute approximate surface area is 122 Å². The number of halogens is 1. The minimum absolute atomic E-state index is 0.335. The van der Waals surface area contributed by atoms with Gasteiger partial charge in [0.05, 0.1) is 5.41 Å². The van der Waals surface area contributed by atoms with Gasteiger partial charge in [-0.1, -0.05) is 29.8 Å². The highest BCUT2D eigenvalue weighted by Gasteiger charge is 2.29. The number of hydrogen-bond donors (Lipinski definition) is 0. The van der Waals surface area contributed by atoms with Gasteiger partial charge in [-0.05, 0) is 26.8 Å². The Balaban J connectivity index is 2.37. The van der Waals surface area contributed by atoms with E-state index in [1.807, 2.05) is 12.1 Å². The zero-order valence-electron chi connectivity index (χ0n) is 11.6. The Morgan fingerprint density at radius 1 is 1.35 bits per heavy atom. The Bertz CT molecular complexity index is 591. The van der Waals surface area contributed by atoms with Gasteiger partial charge in [0.1, 0.15) is 12.7 Å². The SMILES string of the molecule is CC(C)(C)C(=O)OC(c1ccccc1Cl)n1cncn1. The van der Waals surface area contributed by atoms with E-state index in [9.17, 15) is 4.79 Å². The molecule has 0 spiro atoms. The van der Waals surface area contributed by atoms with Crippen LogP contribution in [-0.2, 0) is 9.53 Å². The molecule has 0 amide bonds. The molecule has 0 aliphatic rings. The van der Waals surface area contributed by atoms with E-state index in [-0.39, 0.29) is 5.97 Å². The first-order chi connectivity index (χ1) is 9.39. The summed E-state index contributed by atoms with van der Waals surface area (Å²) < 4.78 is 7.03. The molecule has 1 unspecified atom stereocenters. The summed E-state index contributed by atoms with van der Waals surface area (Å²) in [5.74, 6) is -0.335. The van der Waals surface area contributed by atoms with Gasteiger partial charge in [-0.15, -0.1) is 0 Å². The Kier molecular flexibility index (Phi) is 4.09.